The van der Waals surface area contributed by atoms with Gasteiger partial charge in [0.25, 0.3) is 0 Å². The third-order valence-electron chi connectivity index (χ3n) is 5.32. The van der Waals surface area contributed by atoms with Crippen molar-refractivity contribution in [3.63, 3.8) is 0 Å². The first-order chi connectivity index (χ1) is 14.6. The number of carboxylic acids is 1. The summed E-state index contributed by atoms with van der Waals surface area (Å²) in [5, 5.41) is 9.40. The quantitative estimate of drug-likeness (QED) is 0.159. The lowest BCUT2D eigenvalue weighted by molar-refractivity contribution is -0.142. The number of hydrogen-bond acceptors (Lipinski definition) is 1. The van der Waals surface area contributed by atoms with Gasteiger partial charge in [-0.3, -0.25) is 4.79 Å². The van der Waals surface area contributed by atoms with Crippen LogP contribution in [0, 0.1) is 11.8 Å². The van der Waals surface area contributed by atoms with Crippen LogP contribution in [0.2, 0.25) is 0 Å². The first-order valence-electron chi connectivity index (χ1n) is 12.4. The molecule has 2 heteroatoms. The molecule has 0 saturated carbocycles. The van der Waals surface area contributed by atoms with Gasteiger partial charge in [0.15, 0.2) is 0 Å². The van der Waals surface area contributed by atoms with Crippen LogP contribution in [-0.2, 0) is 4.79 Å². The normalized spacial score (nSPS) is 13.6. The summed E-state index contributed by atoms with van der Waals surface area (Å²) < 4.78 is 0. The van der Waals surface area contributed by atoms with Crippen LogP contribution in [0.4, 0.5) is 0 Å². The standard InChI is InChI=1S/C28H48O2/c1-4-5-6-7-8-9-10-11-12-13-14-15-16-17-18-21-24-27(28(29)30)25-22-19-20-23-26(2)3/h8-9,11-12,14-15,17-18,26-27H,4-7,10,13,16,19-25H2,1-3H3,(H,29,30)/b9-8-,12-11-,15-14-,18-17-. The minimum absolute atomic E-state index is 0.185. The minimum Gasteiger partial charge on any atom is -0.481 e. The zero-order valence-corrected chi connectivity index (χ0v) is 20.0. The lowest BCUT2D eigenvalue weighted by Crippen LogP contribution is -2.13. The average molecular weight is 417 g/mol. The number of allylic oxidation sites excluding steroid dienone is 8. The maximum Gasteiger partial charge on any atom is 0.306 e. The van der Waals surface area contributed by atoms with Crippen LogP contribution < -0.4 is 0 Å². The molecule has 0 rings (SSSR count). The predicted octanol–water partition coefficient (Wildman–Crippen LogP) is 9.05. The lowest BCUT2D eigenvalue weighted by atomic mass is 9.95. The summed E-state index contributed by atoms with van der Waals surface area (Å²) in [4.78, 5) is 11.4. The van der Waals surface area contributed by atoms with Crippen molar-refractivity contribution in [3.05, 3.63) is 48.6 Å². The summed E-state index contributed by atoms with van der Waals surface area (Å²) >= 11 is 0. The van der Waals surface area contributed by atoms with E-state index in [0.29, 0.717) is 0 Å². The Kier molecular flexibility index (Phi) is 21.0. The molecule has 1 atom stereocenters. The molecule has 0 bridgehead atoms. The van der Waals surface area contributed by atoms with Gasteiger partial charge in [-0.2, -0.15) is 0 Å². The van der Waals surface area contributed by atoms with Gasteiger partial charge in [0.1, 0.15) is 0 Å². The second-order valence-electron chi connectivity index (χ2n) is 8.73. The van der Waals surface area contributed by atoms with Gasteiger partial charge >= 0.3 is 5.97 Å². The molecule has 0 aliphatic heterocycles. The fourth-order valence-electron chi connectivity index (χ4n) is 3.37. The zero-order chi connectivity index (χ0) is 22.3. The van der Waals surface area contributed by atoms with Gasteiger partial charge in [0.05, 0.1) is 5.92 Å². The number of hydrogen-bond donors (Lipinski definition) is 1. The van der Waals surface area contributed by atoms with Gasteiger partial charge in [0, 0.05) is 0 Å². The fourth-order valence-corrected chi connectivity index (χ4v) is 3.37. The topological polar surface area (TPSA) is 37.3 Å². The highest BCUT2D eigenvalue weighted by Gasteiger charge is 2.15. The Morgan fingerprint density at radius 3 is 1.73 bits per heavy atom. The molecule has 0 aromatic heterocycles. The van der Waals surface area contributed by atoms with Crippen LogP contribution in [0.3, 0.4) is 0 Å². The van der Waals surface area contributed by atoms with E-state index < -0.39 is 5.97 Å². The Balaban J connectivity index is 3.74. The number of unbranched alkanes of at least 4 members (excludes halogenated alkanes) is 5. The van der Waals surface area contributed by atoms with Gasteiger partial charge in [-0.25, -0.2) is 0 Å². The third-order valence-corrected chi connectivity index (χ3v) is 5.32. The first kappa shape index (κ1) is 28.4. The molecule has 0 saturated heterocycles. The highest BCUT2D eigenvalue weighted by molar-refractivity contribution is 5.69. The molecular weight excluding hydrogens is 368 g/mol. The number of rotatable bonds is 20. The maximum atomic E-state index is 11.4. The Morgan fingerprint density at radius 1 is 0.667 bits per heavy atom. The van der Waals surface area contributed by atoms with Crippen LogP contribution in [0.15, 0.2) is 48.6 Å². The molecule has 0 amide bonds. The summed E-state index contributed by atoms with van der Waals surface area (Å²) in [6.07, 6.45) is 32.9. The smallest absolute Gasteiger partial charge is 0.306 e. The molecule has 0 fully saturated rings. The van der Waals surface area contributed by atoms with Gasteiger partial charge in [0.2, 0.25) is 0 Å². The Hall–Kier alpha value is -1.57. The van der Waals surface area contributed by atoms with E-state index in [0.717, 1.165) is 57.3 Å². The van der Waals surface area contributed by atoms with Gasteiger partial charge in [-0.05, 0) is 57.3 Å². The number of carbonyl (C=O) groups is 1. The van der Waals surface area contributed by atoms with E-state index in [1.54, 1.807) is 0 Å². The molecule has 0 heterocycles. The Bertz CT molecular complexity index is 497. The van der Waals surface area contributed by atoms with Crippen molar-refractivity contribution in [2.45, 2.75) is 111 Å². The van der Waals surface area contributed by atoms with Crippen molar-refractivity contribution in [2.75, 3.05) is 0 Å². The minimum atomic E-state index is -0.630. The second kappa shape index (κ2) is 22.1. The monoisotopic (exact) mass is 416 g/mol. The van der Waals surface area contributed by atoms with Crippen LogP contribution in [0.5, 0.6) is 0 Å². The summed E-state index contributed by atoms with van der Waals surface area (Å²) in [6.45, 7) is 6.72. The summed E-state index contributed by atoms with van der Waals surface area (Å²) in [7, 11) is 0. The Labute approximate surface area is 187 Å². The zero-order valence-electron chi connectivity index (χ0n) is 20.0. The van der Waals surface area contributed by atoms with Crippen molar-refractivity contribution >= 4 is 5.97 Å². The highest BCUT2D eigenvalue weighted by atomic mass is 16.4. The van der Waals surface area contributed by atoms with Crippen molar-refractivity contribution in [1.82, 2.24) is 0 Å². The van der Waals surface area contributed by atoms with Crippen LogP contribution in [-0.4, -0.2) is 11.1 Å². The molecule has 0 spiro atoms. The predicted molar refractivity (Wildman–Crippen MR) is 133 cm³/mol. The van der Waals surface area contributed by atoms with Crippen molar-refractivity contribution in [2.24, 2.45) is 11.8 Å². The van der Waals surface area contributed by atoms with Gasteiger partial charge in [-0.1, -0.05) is 108 Å². The maximum absolute atomic E-state index is 11.4. The third kappa shape index (κ3) is 21.1. The number of aliphatic carboxylic acids is 1. The highest BCUT2D eigenvalue weighted by Crippen LogP contribution is 2.18. The number of carboxylic acid groups (broad SMARTS) is 1. The van der Waals surface area contributed by atoms with E-state index >= 15 is 0 Å². The van der Waals surface area contributed by atoms with Gasteiger partial charge < -0.3 is 5.11 Å². The molecule has 0 aromatic rings. The molecule has 30 heavy (non-hydrogen) atoms. The van der Waals surface area contributed by atoms with Crippen molar-refractivity contribution < 1.29 is 9.90 Å². The molecular formula is C28H48O2. The summed E-state index contributed by atoms with van der Waals surface area (Å²) in [5.41, 5.74) is 0. The summed E-state index contributed by atoms with van der Waals surface area (Å²) in [6, 6.07) is 0. The molecule has 172 valence electrons. The molecule has 1 unspecified atom stereocenters. The van der Waals surface area contributed by atoms with Crippen LogP contribution in [0.1, 0.15) is 111 Å². The van der Waals surface area contributed by atoms with Crippen molar-refractivity contribution in [1.29, 1.82) is 0 Å². The molecule has 1 N–H and O–H groups in total. The van der Waals surface area contributed by atoms with E-state index in [2.05, 4.69) is 69.4 Å². The van der Waals surface area contributed by atoms with E-state index in [9.17, 15) is 9.90 Å². The lowest BCUT2D eigenvalue weighted by Gasteiger charge is -2.11. The molecule has 2 nitrogen and oxygen atoms in total. The van der Waals surface area contributed by atoms with Crippen LogP contribution in [0.25, 0.3) is 0 Å². The molecule has 0 radical (unpaired) electrons. The van der Waals surface area contributed by atoms with Crippen molar-refractivity contribution in [3.8, 4) is 0 Å². The molecule has 0 aliphatic carbocycles. The second-order valence-corrected chi connectivity index (χ2v) is 8.73. The average Bonchev–Trinajstić information content (AvgIpc) is 2.71. The van der Waals surface area contributed by atoms with E-state index in [1.165, 1.54) is 38.5 Å². The Morgan fingerprint density at radius 2 is 1.20 bits per heavy atom. The molecule has 0 aliphatic rings. The SMILES string of the molecule is CCCCC/C=C\C/C=C\C/C=C\C/C=C\CCC(CCCCCC(C)C)C(=O)O. The van der Waals surface area contributed by atoms with E-state index in [-0.39, 0.29) is 5.92 Å². The molecule has 0 aromatic carbocycles. The fraction of sp³-hybridized carbons (Fsp3) is 0.679. The largest absolute Gasteiger partial charge is 0.481 e. The van der Waals surface area contributed by atoms with E-state index in [4.69, 9.17) is 0 Å². The summed E-state index contributed by atoms with van der Waals surface area (Å²) in [5.74, 6) is -0.0671. The first-order valence-corrected chi connectivity index (χ1v) is 12.4. The van der Waals surface area contributed by atoms with Crippen LogP contribution >= 0.6 is 0 Å². The van der Waals surface area contributed by atoms with Gasteiger partial charge in [-0.15, -0.1) is 0 Å². The van der Waals surface area contributed by atoms with E-state index in [1.807, 2.05) is 0 Å².